The normalized spacial score (nSPS) is 17.6. The average Bonchev–Trinajstić information content (AvgIpc) is 2.82. The topological polar surface area (TPSA) is 61.6 Å². The molecule has 0 bridgehead atoms. The molecule has 138 valence electrons. The number of carbonyl (C=O) groups is 1. The fourth-order valence-electron chi connectivity index (χ4n) is 3.55. The highest BCUT2D eigenvalue weighted by atomic mass is 35.5. The van der Waals surface area contributed by atoms with Crippen LogP contribution in [0.4, 0.5) is 4.79 Å². The van der Waals surface area contributed by atoms with Gasteiger partial charge in [-0.2, -0.15) is 0 Å². The van der Waals surface area contributed by atoms with E-state index in [0.29, 0.717) is 17.4 Å². The number of primary amides is 1. The Bertz CT molecular complexity index is 832. The Morgan fingerprint density at radius 3 is 2.58 bits per heavy atom. The number of amides is 1. The zero-order valence-corrected chi connectivity index (χ0v) is 16.1. The predicted molar refractivity (Wildman–Crippen MR) is 104 cm³/mol. The van der Waals surface area contributed by atoms with Gasteiger partial charge in [-0.15, -0.1) is 0 Å². The predicted octanol–water partition coefficient (Wildman–Crippen LogP) is 5.51. The molecule has 1 aliphatic carbocycles. The number of benzene rings is 2. The highest BCUT2D eigenvalue weighted by Gasteiger charge is 2.41. The van der Waals surface area contributed by atoms with Crippen LogP contribution in [0.5, 0.6) is 5.75 Å². The molecule has 0 aliphatic heterocycles. The lowest BCUT2D eigenvalue weighted by molar-refractivity contribution is 0.0392. The average molecular weight is 374 g/mol. The van der Waals surface area contributed by atoms with Gasteiger partial charge in [0.2, 0.25) is 0 Å². The van der Waals surface area contributed by atoms with Crippen LogP contribution in [0.15, 0.2) is 36.4 Å². The van der Waals surface area contributed by atoms with Gasteiger partial charge < -0.3 is 15.2 Å². The molecule has 2 aromatic carbocycles. The number of fused-ring (bicyclic) bond motifs is 1. The fourth-order valence-corrected chi connectivity index (χ4v) is 3.78. The molecule has 0 saturated carbocycles. The molecule has 4 nitrogen and oxygen atoms in total. The molecule has 3 rings (SSSR count). The lowest BCUT2D eigenvalue weighted by Crippen LogP contribution is -2.25. The minimum Gasteiger partial charge on any atom is -0.492 e. The molecule has 0 fully saturated rings. The summed E-state index contributed by atoms with van der Waals surface area (Å²) in [6.45, 7) is 6.87. The van der Waals surface area contributed by atoms with Crippen molar-refractivity contribution < 1.29 is 14.3 Å². The highest BCUT2D eigenvalue weighted by molar-refractivity contribution is 6.32. The molecule has 0 unspecified atom stereocenters. The van der Waals surface area contributed by atoms with Crippen LogP contribution in [-0.4, -0.2) is 12.7 Å². The monoisotopic (exact) mass is 373 g/mol. The van der Waals surface area contributed by atoms with Crippen LogP contribution >= 0.6 is 11.6 Å². The first-order valence-electron chi connectivity index (χ1n) is 8.83. The first-order chi connectivity index (χ1) is 12.3. The largest absolute Gasteiger partial charge is 0.492 e. The lowest BCUT2D eigenvalue weighted by Gasteiger charge is -2.26. The highest BCUT2D eigenvalue weighted by Crippen LogP contribution is 2.48. The molecule has 0 spiro atoms. The van der Waals surface area contributed by atoms with Crippen molar-refractivity contribution in [3.8, 4) is 16.9 Å². The number of halogens is 1. The summed E-state index contributed by atoms with van der Waals surface area (Å²) in [6.07, 6.45) is 0.694. The third-order valence-corrected chi connectivity index (χ3v) is 5.04. The van der Waals surface area contributed by atoms with Crippen molar-refractivity contribution in [3.63, 3.8) is 0 Å². The van der Waals surface area contributed by atoms with Crippen molar-refractivity contribution in [2.45, 2.75) is 39.7 Å². The molecule has 1 amide bonds. The zero-order valence-electron chi connectivity index (χ0n) is 15.3. The molecule has 0 heterocycles. The van der Waals surface area contributed by atoms with Crippen LogP contribution in [0, 0.1) is 5.41 Å². The van der Waals surface area contributed by atoms with Gasteiger partial charge in [-0.25, -0.2) is 4.79 Å². The Balaban J connectivity index is 1.91. The van der Waals surface area contributed by atoms with Crippen molar-refractivity contribution >= 4 is 17.7 Å². The summed E-state index contributed by atoms with van der Waals surface area (Å²) in [7, 11) is 0. The molecule has 1 atom stereocenters. The Labute approximate surface area is 159 Å². The molecule has 1 aliphatic rings. The van der Waals surface area contributed by atoms with E-state index >= 15 is 0 Å². The Kier molecular flexibility index (Phi) is 5.15. The molecule has 26 heavy (non-hydrogen) atoms. The van der Waals surface area contributed by atoms with Gasteiger partial charge in [0.05, 0.1) is 11.6 Å². The zero-order chi connectivity index (χ0) is 18.9. The van der Waals surface area contributed by atoms with E-state index in [-0.39, 0.29) is 11.5 Å². The van der Waals surface area contributed by atoms with Gasteiger partial charge in [0.15, 0.2) is 0 Å². The third kappa shape index (κ3) is 3.65. The van der Waals surface area contributed by atoms with Gasteiger partial charge in [0, 0.05) is 5.41 Å². The van der Waals surface area contributed by atoms with Crippen LogP contribution in [0.2, 0.25) is 5.02 Å². The van der Waals surface area contributed by atoms with Crippen LogP contribution in [0.25, 0.3) is 11.1 Å². The maximum atomic E-state index is 11.3. The Morgan fingerprint density at radius 1 is 1.23 bits per heavy atom. The summed E-state index contributed by atoms with van der Waals surface area (Å²) in [5.41, 5.74) is 9.35. The SMILES string of the molecule is CCCOc1ccc(-c2ccc3c(c2)CC(C)(C)[C@H]3OC(N)=O)cc1Cl. The second-order valence-corrected chi connectivity index (χ2v) is 7.80. The van der Waals surface area contributed by atoms with Crippen LogP contribution in [0.3, 0.4) is 0 Å². The molecule has 0 saturated heterocycles. The van der Waals surface area contributed by atoms with Gasteiger partial charge >= 0.3 is 6.09 Å². The number of hydrogen-bond acceptors (Lipinski definition) is 3. The number of nitrogens with two attached hydrogens (primary N) is 1. The summed E-state index contributed by atoms with van der Waals surface area (Å²) in [5.74, 6) is 0.703. The van der Waals surface area contributed by atoms with Crippen molar-refractivity contribution in [3.05, 3.63) is 52.5 Å². The summed E-state index contributed by atoms with van der Waals surface area (Å²) in [4.78, 5) is 11.3. The van der Waals surface area contributed by atoms with E-state index in [2.05, 4.69) is 26.8 Å². The minimum atomic E-state index is -0.741. The van der Waals surface area contributed by atoms with Crippen molar-refractivity contribution in [2.24, 2.45) is 11.1 Å². The van der Waals surface area contributed by atoms with Crippen molar-refractivity contribution in [1.82, 2.24) is 0 Å². The van der Waals surface area contributed by atoms with E-state index < -0.39 is 6.09 Å². The first-order valence-corrected chi connectivity index (χ1v) is 9.21. The van der Waals surface area contributed by atoms with Crippen molar-refractivity contribution in [2.75, 3.05) is 6.61 Å². The summed E-state index contributed by atoms with van der Waals surface area (Å²) in [5, 5.41) is 0.603. The van der Waals surface area contributed by atoms with E-state index in [4.69, 9.17) is 26.8 Å². The number of rotatable bonds is 5. The van der Waals surface area contributed by atoms with Gasteiger partial charge in [-0.3, -0.25) is 0 Å². The maximum absolute atomic E-state index is 11.3. The molecule has 0 radical (unpaired) electrons. The van der Waals surface area contributed by atoms with Gasteiger partial charge in [0.1, 0.15) is 11.9 Å². The quantitative estimate of drug-likeness (QED) is 0.751. The van der Waals surface area contributed by atoms with E-state index in [1.165, 1.54) is 5.56 Å². The first kappa shape index (κ1) is 18.6. The summed E-state index contributed by atoms with van der Waals surface area (Å²) in [6, 6.07) is 12.0. The van der Waals surface area contributed by atoms with Crippen LogP contribution < -0.4 is 10.5 Å². The summed E-state index contributed by atoms with van der Waals surface area (Å²) < 4.78 is 11.0. The molecular formula is C21H24ClNO3. The van der Waals surface area contributed by atoms with E-state index in [1.807, 2.05) is 30.3 Å². The molecular weight excluding hydrogens is 350 g/mol. The molecule has 0 aromatic heterocycles. The molecule has 2 aromatic rings. The van der Waals surface area contributed by atoms with E-state index in [9.17, 15) is 4.79 Å². The van der Waals surface area contributed by atoms with Crippen molar-refractivity contribution in [1.29, 1.82) is 0 Å². The number of hydrogen-bond donors (Lipinski definition) is 1. The van der Waals surface area contributed by atoms with Crippen LogP contribution in [-0.2, 0) is 11.2 Å². The van der Waals surface area contributed by atoms with Crippen LogP contribution in [0.1, 0.15) is 44.4 Å². The second-order valence-electron chi connectivity index (χ2n) is 7.39. The number of carbonyl (C=O) groups excluding carboxylic acids is 1. The fraction of sp³-hybridized carbons (Fsp3) is 0.381. The Hall–Kier alpha value is -2.20. The van der Waals surface area contributed by atoms with Gasteiger partial charge in [-0.05, 0) is 47.2 Å². The smallest absolute Gasteiger partial charge is 0.405 e. The Morgan fingerprint density at radius 2 is 1.92 bits per heavy atom. The van der Waals surface area contributed by atoms with E-state index in [1.54, 1.807) is 0 Å². The molecule has 2 N–H and O–H groups in total. The summed E-state index contributed by atoms with van der Waals surface area (Å²) >= 11 is 6.36. The van der Waals surface area contributed by atoms with E-state index in [0.717, 1.165) is 29.5 Å². The minimum absolute atomic E-state index is 0.189. The standard InChI is InChI=1S/C21H24ClNO3/c1-4-9-25-18-8-6-14(11-17(18)22)13-5-7-16-15(10-13)12-21(2,3)19(16)26-20(23)24/h5-8,10-11,19H,4,9,12H2,1-3H3,(H2,23,24)/t19-/m0/s1. The van der Waals surface area contributed by atoms with Gasteiger partial charge in [-0.1, -0.05) is 56.6 Å². The number of ether oxygens (including phenoxy) is 2. The molecule has 5 heteroatoms. The van der Waals surface area contributed by atoms with Gasteiger partial charge in [0.25, 0.3) is 0 Å². The lowest BCUT2D eigenvalue weighted by atomic mass is 9.87. The third-order valence-electron chi connectivity index (χ3n) is 4.74. The second kappa shape index (κ2) is 7.20. The maximum Gasteiger partial charge on any atom is 0.405 e.